The van der Waals surface area contributed by atoms with Gasteiger partial charge in [0.15, 0.2) is 0 Å². The van der Waals surface area contributed by atoms with Gasteiger partial charge in [0.1, 0.15) is 5.75 Å². The first-order valence-corrected chi connectivity index (χ1v) is 6.83. The number of hydrogen-bond acceptors (Lipinski definition) is 2. The second-order valence-electron chi connectivity index (χ2n) is 3.87. The summed E-state index contributed by atoms with van der Waals surface area (Å²) in [7, 11) is 0. The molecule has 0 radical (unpaired) electrons. The molecule has 0 spiro atoms. The first-order valence-electron chi connectivity index (χ1n) is 6.04. The van der Waals surface area contributed by atoms with Crippen LogP contribution in [0.3, 0.4) is 0 Å². The summed E-state index contributed by atoms with van der Waals surface area (Å²) in [5, 5.41) is 0. The molecule has 0 aliphatic rings. The number of likely N-dealkylation sites (N-methyl/N-ethyl adjacent to an activating group) is 1. The van der Waals surface area contributed by atoms with Crippen LogP contribution in [0.4, 0.5) is 4.79 Å². The molecule has 100 valence electrons. The SMILES string of the molecule is CCOc1ccc(CCN(CC)C(N)=O)cc1Br. The normalized spacial score (nSPS) is 10.2. The number of amides is 2. The number of primary amides is 1. The Hall–Kier alpha value is -1.23. The Kier molecular flexibility index (Phi) is 5.98. The minimum absolute atomic E-state index is 0.373. The molecule has 0 saturated heterocycles. The van der Waals surface area contributed by atoms with Gasteiger partial charge >= 0.3 is 6.03 Å². The first-order chi connectivity index (χ1) is 8.58. The number of rotatable bonds is 6. The number of nitrogens with two attached hydrogens (primary N) is 1. The van der Waals surface area contributed by atoms with E-state index in [2.05, 4.69) is 15.9 Å². The Labute approximate surface area is 116 Å². The molecule has 1 aromatic carbocycles. The van der Waals surface area contributed by atoms with Crippen molar-refractivity contribution in [1.29, 1.82) is 0 Å². The fourth-order valence-corrected chi connectivity index (χ4v) is 2.20. The summed E-state index contributed by atoms with van der Waals surface area (Å²) < 4.78 is 6.38. The number of carbonyl (C=O) groups excluding carboxylic acids is 1. The fraction of sp³-hybridized carbons (Fsp3) is 0.462. The van der Waals surface area contributed by atoms with Crippen LogP contribution >= 0.6 is 15.9 Å². The van der Waals surface area contributed by atoms with Crippen molar-refractivity contribution in [1.82, 2.24) is 4.90 Å². The molecule has 1 aromatic rings. The van der Waals surface area contributed by atoms with Crippen LogP contribution in [0.25, 0.3) is 0 Å². The van der Waals surface area contributed by atoms with Gasteiger partial charge < -0.3 is 15.4 Å². The minimum Gasteiger partial charge on any atom is -0.493 e. The van der Waals surface area contributed by atoms with E-state index >= 15 is 0 Å². The Balaban J connectivity index is 2.63. The Bertz CT molecular complexity index is 410. The topological polar surface area (TPSA) is 55.6 Å². The average Bonchev–Trinajstić information content (AvgIpc) is 2.33. The zero-order chi connectivity index (χ0) is 13.5. The maximum atomic E-state index is 11.1. The lowest BCUT2D eigenvalue weighted by Crippen LogP contribution is -2.36. The highest BCUT2D eigenvalue weighted by Gasteiger charge is 2.08. The first kappa shape index (κ1) is 14.8. The molecule has 0 aliphatic heterocycles. The summed E-state index contributed by atoms with van der Waals surface area (Å²) in [6.45, 7) is 5.77. The molecule has 18 heavy (non-hydrogen) atoms. The van der Waals surface area contributed by atoms with Gasteiger partial charge in [0.05, 0.1) is 11.1 Å². The van der Waals surface area contributed by atoms with Crippen molar-refractivity contribution in [2.24, 2.45) is 5.73 Å². The van der Waals surface area contributed by atoms with Crippen LogP contribution < -0.4 is 10.5 Å². The third-order valence-electron chi connectivity index (χ3n) is 2.66. The molecule has 4 nitrogen and oxygen atoms in total. The largest absolute Gasteiger partial charge is 0.493 e. The van der Waals surface area contributed by atoms with Gasteiger partial charge in [0.2, 0.25) is 0 Å². The Morgan fingerprint density at radius 1 is 1.44 bits per heavy atom. The van der Waals surface area contributed by atoms with E-state index < -0.39 is 0 Å². The molecule has 0 heterocycles. The zero-order valence-corrected chi connectivity index (χ0v) is 12.4. The molecular formula is C13H19BrN2O2. The smallest absolute Gasteiger partial charge is 0.314 e. The summed E-state index contributed by atoms with van der Waals surface area (Å²) >= 11 is 3.47. The maximum absolute atomic E-state index is 11.1. The van der Waals surface area contributed by atoms with E-state index in [1.807, 2.05) is 32.0 Å². The maximum Gasteiger partial charge on any atom is 0.314 e. The summed E-state index contributed by atoms with van der Waals surface area (Å²) in [6.07, 6.45) is 0.780. The van der Waals surface area contributed by atoms with Crippen molar-refractivity contribution in [2.75, 3.05) is 19.7 Å². The predicted octanol–water partition coefficient (Wildman–Crippen LogP) is 2.79. The number of hydrogen-bond donors (Lipinski definition) is 1. The lowest BCUT2D eigenvalue weighted by atomic mass is 10.1. The molecule has 0 atom stereocenters. The number of nitrogens with zero attached hydrogens (tertiary/aromatic N) is 1. The van der Waals surface area contributed by atoms with Crippen LogP contribution in [-0.4, -0.2) is 30.6 Å². The van der Waals surface area contributed by atoms with Crippen LogP contribution in [0.15, 0.2) is 22.7 Å². The summed E-state index contributed by atoms with van der Waals surface area (Å²) in [6, 6.07) is 5.58. The standard InChI is InChI=1S/C13H19BrN2O2/c1-3-16(13(15)17)8-7-10-5-6-12(18-4-2)11(14)9-10/h5-6,9H,3-4,7-8H2,1-2H3,(H2,15,17). The number of ether oxygens (including phenoxy) is 1. The lowest BCUT2D eigenvalue weighted by Gasteiger charge is -2.18. The lowest BCUT2D eigenvalue weighted by molar-refractivity contribution is 0.211. The predicted molar refractivity (Wildman–Crippen MR) is 75.8 cm³/mol. The summed E-state index contributed by atoms with van der Waals surface area (Å²) in [5.74, 6) is 0.837. The van der Waals surface area contributed by atoms with Crippen LogP contribution in [-0.2, 0) is 6.42 Å². The monoisotopic (exact) mass is 314 g/mol. The van der Waals surface area contributed by atoms with E-state index in [0.29, 0.717) is 19.7 Å². The second-order valence-corrected chi connectivity index (χ2v) is 4.72. The molecule has 2 amide bonds. The van der Waals surface area contributed by atoms with E-state index in [4.69, 9.17) is 10.5 Å². The number of halogens is 1. The molecule has 0 unspecified atom stereocenters. The highest BCUT2D eigenvalue weighted by Crippen LogP contribution is 2.26. The molecule has 0 aliphatic carbocycles. The zero-order valence-electron chi connectivity index (χ0n) is 10.8. The fourth-order valence-electron chi connectivity index (χ4n) is 1.66. The average molecular weight is 315 g/mol. The van der Waals surface area contributed by atoms with Gasteiger partial charge in [-0.3, -0.25) is 0 Å². The van der Waals surface area contributed by atoms with E-state index in [0.717, 1.165) is 22.2 Å². The Morgan fingerprint density at radius 3 is 2.67 bits per heavy atom. The highest BCUT2D eigenvalue weighted by molar-refractivity contribution is 9.10. The van der Waals surface area contributed by atoms with Gasteiger partial charge in [-0.05, 0) is 53.9 Å². The molecule has 0 aromatic heterocycles. The number of urea groups is 1. The van der Waals surface area contributed by atoms with Crippen molar-refractivity contribution in [3.05, 3.63) is 28.2 Å². The van der Waals surface area contributed by atoms with Crippen molar-refractivity contribution < 1.29 is 9.53 Å². The summed E-state index contributed by atoms with van der Waals surface area (Å²) in [4.78, 5) is 12.7. The van der Waals surface area contributed by atoms with Crippen LogP contribution in [0.5, 0.6) is 5.75 Å². The van der Waals surface area contributed by atoms with Gasteiger partial charge in [-0.1, -0.05) is 6.07 Å². The van der Waals surface area contributed by atoms with Crippen LogP contribution in [0, 0.1) is 0 Å². The molecule has 0 saturated carbocycles. The van der Waals surface area contributed by atoms with Gasteiger partial charge in [-0.2, -0.15) is 0 Å². The molecule has 0 fully saturated rings. The molecule has 2 N–H and O–H groups in total. The van der Waals surface area contributed by atoms with Gasteiger partial charge in [0, 0.05) is 13.1 Å². The van der Waals surface area contributed by atoms with Gasteiger partial charge in [-0.25, -0.2) is 4.79 Å². The third-order valence-corrected chi connectivity index (χ3v) is 3.28. The second kappa shape index (κ2) is 7.26. The highest BCUT2D eigenvalue weighted by atomic mass is 79.9. The van der Waals surface area contributed by atoms with Gasteiger partial charge in [-0.15, -0.1) is 0 Å². The van der Waals surface area contributed by atoms with E-state index in [1.54, 1.807) is 4.90 Å². The molecular weight excluding hydrogens is 296 g/mol. The third kappa shape index (κ3) is 4.22. The van der Waals surface area contributed by atoms with E-state index in [1.165, 1.54) is 0 Å². The number of benzene rings is 1. The number of carbonyl (C=O) groups is 1. The van der Waals surface area contributed by atoms with Crippen LogP contribution in [0.2, 0.25) is 0 Å². The molecule has 5 heteroatoms. The van der Waals surface area contributed by atoms with Crippen LogP contribution in [0.1, 0.15) is 19.4 Å². The van der Waals surface area contributed by atoms with Crippen molar-refractivity contribution in [3.63, 3.8) is 0 Å². The van der Waals surface area contributed by atoms with E-state index in [-0.39, 0.29) is 6.03 Å². The van der Waals surface area contributed by atoms with E-state index in [9.17, 15) is 4.79 Å². The molecule has 1 rings (SSSR count). The molecule has 0 bridgehead atoms. The van der Waals surface area contributed by atoms with Crippen molar-refractivity contribution in [2.45, 2.75) is 20.3 Å². The summed E-state index contributed by atoms with van der Waals surface area (Å²) in [5.41, 5.74) is 6.41. The Morgan fingerprint density at radius 2 is 2.17 bits per heavy atom. The van der Waals surface area contributed by atoms with Crippen molar-refractivity contribution >= 4 is 22.0 Å². The van der Waals surface area contributed by atoms with Gasteiger partial charge in [0.25, 0.3) is 0 Å². The van der Waals surface area contributed by atoms with Crippen molar-refractivity contribution in [3.8, 4) is 5.75 Å². The minimum atomic E-state index is -0.373. The quantitative estimate of drug-likeness (QED) is 0.877.